The maximum Gasteiger partial charge on any atom is 0.307 e. The number of nitrogens with zero attached hydrogens (tertiary/aromatic N) is 1. The zero-order valence-corrected chi connectivity index (χ0v) is 12.1. The minimum Gasteiger partial charge on any atom is -0.481 e. The quantitative estimate of drug-likeness (QED) is 0.819. The number of aliphatic carboxylic acids is 1. The van der Waals surface area contributed by atoms with Gasteiger partial charge in [0.05, 0.1) is 5.92 Å². The van der Waals surface area contributed by atoms with Crippen molar-refractivity contribution < 1.29 is 14.7 Å². The fourth-order valence-electron chi connectivity index (χ4n) is 2.14. The number of pyridine rings is 1. The Kier molecular flexibility index (Phi) is 5.65. The molecular formula is C17H18N2O3. The highest BCUT2D eigenvalue weighted by Gasteiger charge is 2.21. The molecule has 0 spiro atoms. The normalized spacial score (nSPS) is 11.6. The van der Waals surface area contributed by atoms with Gasteiger partial charge in [0.2, 0.25) is 5.91 Å². The molecule has 22 heavy (non-hydrogen) atoms. The predicted molar refractivity (Wildman–Crippen MR) is 82.0 cm³/mol. The largest absolute Gasteiger partial charge is 0.481 e. The van der Waals surface area contributed by atoms with Crippen LogP contribution in [-0.4, -0.2) is 22.0 Å². The molecule has 2 aromatic rings. The van der Waals surface area contributed by atoms with E-state index >= 15 is 0 Å². The molecule has 1 heterocycles. The van der Waals surface area contributed by atoms with E-state index in [9.17, 15) is 14.7 Å². The molecule has 0 radical (unpaired) electrons. The van der Waals surface area contributed by atoms with Crippen molar-refractivity contribution in [2.24, 2.45) is 5.92 Å². The summed E-state index contributed by atoms with van der Waals surface area (Å²) in [6.07, 6.45) is 3.61. The van der Waals surface area contributed by atoms with Gasteiger partial charge in [0, 0.05) is 25.4 Å². The summed E-state index contributed by atoms with van der Waals surface area (Å²) < 4.78 is 0. The molecule has 2 N–H and O–H groups in total. The molecule has 1 atom stereocenters. The number of hydrogen-bond acceptors (Lipinski definition) is 3. The van der Waals surface area contributed by atoms with Crippen LogP contribution in [0.1, 0.15) is 17.5 Å². The fraction of sp³-hybridized carbons (Fsp3) is 0.235. The summed E-state index contributed by atoms with van der Waals surface area (Å²) in [6, 6.07) is 12.9. The summed E-state index contributed by atoms with van der Waals surface area (Å²) in [5, 5.41) is 12.0. The Morgan fingerprint density at radius 1 is 1.05 bits per heavy atom. The lowest BCUT2D eigenvalue weighted by molar-refractivity contribution is -0.144. The highest BCUT2D eigenvalue weighted by Crippen LogP contribution is 2.13. The van der Waals surface area contributed by atoms with Crippen LogP contribution >= 0.6 is 0 Å². The maximum atomic E-state index is 11.9. The molecule has 0 aliphatic carbocycles. The van der Waals surface area contributed by atoms with Crippen LogP contribution in [0, 0.1) is 5.92 Å². The minimum absolute atomic E-state index is 0.0324. The summed E-state index contributed by atoms with van der Waals surface area (Å²) in [7, 11) is 0. The zero-order valence-electron chi connectivity index (χ0n) is 12.1. The van der Waals surface area contributed by atoms with Gasteiger partial charge in [0.1, 0.15) is 0 Å². The monoisotopic (exact) mass is 298 g/mol. The first-order chi connectivity index (χ1) is 10.6. The van der Waals surface area contributed by atoms with Gasteiger partial charge in [-0.1, -0.05) is 30.3 Å². The minimum atomic E-state index is -0.956. The van der Waals surface area contributed by atoms with E-state index in [1.807, 2.05) is 30.3 Å². The zero-order chi connectivity index (χ0) is 15.8. The molecule has 0 unspecified atom stereocenters. The molecule has 0 fully saturated rings. The third kappa shape index (κ3) is 5.01. The molecule has 1 aromatic carbocycles. The van der Waals surface area contributed by atoms with Crippen LogP contribution in [0.15, 0.2) is 54.9 Å². The molecule has 1 aromatic heterocycles. The molecule has 5 heteroatoms. The van der Waals surface area contributed by atoms with Crippen molar-refractivity contribution in [3.63, 3.8) is 0 Å². The Morgan fingerprint density at radius 2 is 1.73 bits per heavy atom. The van der Waals surface area contributed by atoms with Crippen LogP contribution < -0.4 is 5.32 Å². The second kappa shape index (κ2) is 7.93. The first kappa shape index (κ1) is 15.7. The van der Waals surface area contributed by atoms with Crippen molar-refractivity contribution in [3.05, 3.63) is 66.0 Å². The van der Waals surface area contributed by atoms with Gasteiger partial charge in [-0.05, 0) is 29.7 Å². The van der Waals surface area contributed by atoms with Crippen LogP contribution in [0.4, 0.5) is 0 Å². The Balaban J connectivity index is 1.88. The Labute approximate surface area is 129 Å². The van der Waals surface area contributed by atoms with Crippen molar-refractivity contribution in [2.45, 2.75) is 19.4 Å². The number of benzene rings is 1. The molecular weight excluding hydrogens is 280 g/mol. The van der Waals surface area contributed by atoms with E-state index in [1.165, 1.54) is 0 Å². The first-order valence-electron chi connectivity index (χ1n) is 7.07. The van der Waals surface area contributed by atoms with E-state index in [2.05, 4.69) is 10.3 Å². The fourth-order valence-corrected chi connectivity index (χ4v) is 2.14. The number of rotatable bonds is 7. The third-order valence-corrected chi connectivity index (χ3v) is 3.34. The molecule has 5 nitrogen and oxygen atoms in total. The van der Waals surface area contributed by atoms with Gasteiger partial charge in [0.25, 0.3) is 0 Å². The first-order valence-corrected chi connectivity index (χ1v) is 7.07. The summed E-state index contributed by atoms with van der Waals surface area (Å²) in [5.74, 6) is -1.94. The number of nitrogens with one attached hydrogen (secondary N) is 1. The average molecular weight is 298 g/mol. The van der Waals surface area contributed by atoms with Crippen molar-refractivity contribution in [2.75, 3.05) is 0 Å². The molecule has 0 saturated heterocycles. The molecule has 0 bridgehead atoms. The molecule has 1 amide bonds. The van der Waals surface area contributed by atoms with E-state index in [-0.39, 0.29) is 12.3 Å². The maximum absolute atomic E-state index is 11.9. The van der Waals surface area contributed by atoms with Gasteiger partial charge in [-0.15, -0.1) is 0 Å². The van der Waals surface area contributed by atoms with E-state index in [0.717, 1.165) is 11.1 Å². The van der Waals surface area contributed by atoms with Gasteiger partial charge in [0.15, 0.2) is 0 Å². The highest BCUT2D eigenvalue weighted by atomic mass is 16.4. The van der Waals surface area contributed by atoms with Crippen molar-refractivity contribution in [1.82, 2.24) is 10.3 Å². The lowest BCUT2D eigenvalue weighted by Crippen LogP contribution is -2.29. The van der Waals surface area contributed by atoms with Crippen molar-refractivity contribution in [3.8, 4) is 0 Å². The summed E-state index contributed by atoms with van der Waals surface area (Å²) in [4.78, 5) is 27.2. The van der Waals surface area contributed by atoms with E-state index in [0.29, 0.717) is 13.0 Å². The van der Waals surface area contributed by atoms with Gasteiger partial charge >= 0.3 is 5.97 Å². The summed E-state index contributed by atoms with van der Waals surface area (Å²) in [6.45, 7) is 0.374. The molecule has 0 saturated carbocycles. The average Bonchev–Trinajstić information content (AvgIpc) is 2.54. The van der Waals surface area contributed by atoms with Crippen LogP contribution in [0.2, 0.25) is 0 Å². The highest BCUT2D eigenvalue weighted by molar-refractivity contribution is 5.82. The Bertz CT molecular complexity index is 614. The van der Waals surface area contributed by atoms with Gasteiger partial charge < -0.3 is 10.4 Å². The number of amides is 1. The Morgan fingerprint density at radius 3 is 2.36 bits per heavy atom. The van der Waals surface area contributed by atoms with Crippen LogP contribution in [0.25, 0.3) is 0 Å². The van der Waals surface area contributed by atoms with Crippen LogP contribution in [0.5, 0.6) is 0 Å². The number of carboxylic acid groups (broad SMARTS) is 1. The molecule has 114 valence electrons. The number of carboxylic acids is 1. The standard InChI is InChI=1S/C17H18N2O3/c20-16(19-12-14-6-8-18-9-7-14)11-15(17(21)22)10-13-4-2-1-3-5-13/h1-9,15H,10-12H2,(H,19,20)(H,21,22)/t15-/m1/s1. The molecule has 2 rings (SSSR count). The third-order valence-electron chi connectivity index (χ3n) is 3.34. The van der Waals surface area contributed by atoms with Crippen molar-refractivity contribution in [1.29, 1.82) is 0 Å². The van der Waals surface area contributed by atoms with Gasteiger partial charge in [-0.25, -0.2) is 0 Å². The second-order valence-corrected chi connectivity index (χ2v) is 5.06. The topological polar surface area (TPSA) is 79.3 Å². The lowest BCUT2D eigenvalue weighted by atomic mass is 9.96. The van der Waals surface area contributed by atoms with E-state index in [1.54, 1.807) is 24.5 Å². The van der Waals surface area contributed by atoms with E-state index < -0.39 is 11.9 Å². The number of carbonyl (C=O) groups is 2. The lowest BCUT2D eigenvalue weighted by Gasteiger charge is -2.12. The number of carbonyl (C=O) groups excluding carboxylic acids is 1. The van der Waals surface area contributed by atoms with Crippen LogP contribution in [0.3, 0.4) is 0 Å². The van der Waals surface area contributed by atoms with Gasteiger partial charge in [-0.3, -0.25) is 14.6 Å². The summed E-state index contributed by atoms with van der Waals surface area (Å²) >= 11 is 0. The number of hydrogen-bond donors (Lipinski definition) is 2. The van der Waals surface area contributed by atoms with Crippen LogP contribution in [-0.2, 0) is 22.6 Å². The van der Waals surface area contributed by atoms with E-state index in [4.69, 9.17) is 0 Å². The SMILES string of the molecule is O=C(C[C@@H](Cc1ccccc1)C(=O)O)NCc1ccncc1. The smallest absolute Gasteiger partial charge is 0.307 e. The van der Waals surface area contributed by atoms with Gasteiger partial charge in [-0.2, -0.15) is 0 Å². The second-order valence-electron chi connectivity index (χ2n) is 5.06. The van der Waals surface area contributed by atoms with Crippen molar-refractivity contribution >= 4 is 11.9 Å². The molecule has 0 aliphatic rings. The Hall–Kier alpha value is -2.69. The molecule has 0 aliphatic heterocycles. The predicted octanol–water partition coefficient (Wildman–Crippen LogP) is 2.03. The number of aromatic nitrogens is 1. The summed E-state index contributed by atoms with van der Waals surface area (Å²) in [5.41, 5.74) is 1.84.